The second-order valence-corrected chi connectivity index (χ2v) is 5.13. The minimum absolute atomic E-state index is 0.0000678. The van der Waals surface area contributed by atoms with Crippen LogP contribution in [0.3, 0.4) is 0 Å². The van der Waals surface area contributed by atoms with E-state index in [2.05, 4.69) is 5.32 Å². The van der Waals surface area contributed by atoms with Crippen molar-refractivity contribution in [2.24, 2.45) is 5.41 Å². The number of rotatable bonds is 3. The second kappa shape index (κ2) is 4.99. The molecule has 0 aromatic heterocycles. The first-order valence-corrected chi connectivity index (χ1v) is 5.41. The number of carbonyl (C=O) groups is 2. The number of hydrogen-bond donors (Lipinski definition) is 2. The molecule has 0 heterocycles. The SMILES string of the molecule is CC(C)(C)CNC(=O)c1cccc(C(=O)O)c1. The van der Waals surface area contributed by atoms with Crippen LogP contribution in [-0.4, -0.2) is 23.5 Å². The molecule has 0 saturated carbocycles. The van der Waals surface area contributed by atoms with Crippen LogP contribution in [0.15, 0.2) is 24.3 Å². The smallest absolute Gasteiger partial charge is 0.335 e. The lowest BCUT2D eigenvalue weighted by Crippen LogP contribution is -2.32. The number of amides is 1. The molecule has 17 heavy (non-hydrogen) atoms. The van der Waals surface area contributed by atoms with Gasteiger partial charge in [0.15, 0.2) is 0 Å². The first-order valence-electron chi connectivity index (χ1n) is 5.41. The van der Waals surface area contributed by atoms with Crippen molar-refractivity contribution >= 4 is 11.9 Å². The van der Waals surface area contributed by atoms with Crippen molar-refractivity contribution in [3.8, 4) is 0 Å². The summed E-state index contributed by atoms with van der Waals surface area (Å²) < 4.78 is 0. The van der Waals surface area contributed by atoms with E-state index in [-0.39, 0.29) is 16.9 Å². The molecule has 0 aliphatic heterocycles. The van der Waals surface area contributed by atoms with Gasteiger partial charge in [0.1, 0.15) is 0 Å². The zero-order valence-electron chi connectivity index (χ0n) is 10.3. The fourth-order valence-corrected chi connectivity index (χ4v) is 1.24. The third-order valence-corrected chi connectivity index (χ3v) is 2.15. The quantitative estimate of drug-likeness (QED) is 0.843. The molecule has 0 saturated heterocycles. The largest absolute Gasteiger partial charge is 0.478 e. The van der Waals surface area contributed by atoms with Crippen LogP contribution in [0.25, 0.3) is 0 Å². The summed E-state index contributed by atoms with van der Waals surface area (Å²) in [5.41, 5.74) is 0.489. The molecule has 2 N–H and O–H groups in total. The van der Waals surface area contributed by atoms with Crippen LogP contribution in [-0.2, 0) is 0 Å². The standard InChI is InChI=1S/C13H17NO3/c1-13(2,3)8-14-11(15)9-5-4-6-10(7-9)12(16)17/h4-7H,8H2,1-3H3,(H,14,15)(H,16,17). The van der Waals surface area contributed by atoms with Gasteiger partial charge >= 0.3 is 5.97 Å². The third-order valence-electron chi connectivity index (χ3n) is 2.15. The van der Waals surface area contributed by atoms with Gasteiger partial charge in [-0.2, -0.15) is 0 Å². The van der Waals surface area contributed by atoms with Crippen LogP contribution in [0.2, 0.25) is 0 Å². The number of carboxylic acid groups (broad SMARTS) is 1. The van der Waals surface area contributed by atoms with E-state index < -0.39 is 5.97 Å². The first-order chi connectivity index (χ1) is 7.79. The van der Waals surface area contributed by atoms with Gasteiger partial charge in [-0.3, -0.25) is 4.79 Å². The van der Waals surface area contributed by atoms with Crippen molar-refractivity contribution in [3.63, 3.8) is 0 Å². The minimum atomic E-state index is -1.03. The number of aromatic carboxylic acids is 1. The highest BCUT2D eigenvalue weighted by molar-refractivity contribution is 5.97. The van der Waals surface area contributed by atoms with E-state index in [4.69, 9.17) is 5.11 Å². The van der Waals surface area contributed by atoms with Crippen molar-refractivity contribution in [1.82, 2.24) is 5.32 Å². The van der Waals surface area contributed by atoms with Crippen molar-refractivity contribution in [3.05, 3.63) is 35.4 Å². The topological polar surface area (TPSA) is 66.4 Å². The molecular weight excluding hydrogens is 218 g/mol. The van der Waals surface area contributed by atoms with Crippen LogP contribution in [0.5, 0.6) is 0 Å². The molecule has 0 radical (unpaired) electrons. The molecule has 0 aliphatic carbocycles. The molecule has 0 atom stereocenters. The Balaban J connectivity index is 2.76. The van der Waals surface area contributed by atoms with Gasteiger partial charge in [-0.15, -0.1) is 0 Å². The molecule has 0 unspecified atom stereocenters. The van der Waals surface area contributed by atoms with E-state index in [1.807, 2.05) is 20.8 Å². The Bertz CT molecular complexity index is 433. The van der Waals surface area contributed by atoms with E-state index in [9.17, 15) is 9.59 Å². The molecule has 1 aromatic rings. The van der Waals surface area contributed by atoms with Crippen molar-refractivity contribution in [2.45, 2.75) is 20.8 Å². The van der Waals surface area contributed by atoms with Crippen LogP contribution in [0, 0.1) is 5.41 Å². The monoisotopic (exact) mass is 235 g/mol. The Hall–Kier alpha value is -1.84. The lowest BCUT2D eigenvalue weighted by molar-refractivity contribution is 0.0697. The fourth-order valence-electron chi connectivity index (χ4n) is 1.24. The minimum Gasteiger partial charge on any atom is -0.478 e. The van der Waals surface area contributed by atoms with Crippen LogP contribution in [0.1, 0.15) is 41.5 Å². The van der Waals surface area contributed by atoms with Gasteiger partial charge in [-0.05, 0) is 23.6 Å². The summed E-state index contributed by atoms with van der Waals surface area (Å²) in [6.45, 7) is 6.59. The van der Waals surface area contributed by atoms with Gasteiger partial charge in [-0.1, -0.05) is 26.8 Å². The number of carbonyl (C=O) groups excluding carboxylic acids is 1. The molecule has 0 spiro atoms. The maximum atomic E-state index is 11.8. The number of carboxylic acids is 1. The molecule has 1 amide bonds. The average Bonchev–Trinajstić information content (AvgIpc) is 2.25. The predicted molar refractivity (Wildman–Crippen MR) is 65.2 cm³/mol. The van der Waals surface area contributed by atoms with Crippen molar-refractivity contribution in [1.29, 1.82) is 0 Å². The van der Waals surface area contributed by atoms with Gasteiger partial charge in [0.2, 0.25) is 0 Å². The molecular formula is C13H17NO3. The Morgan fingerprint density at radius 2 is 1.82 bits per heavy atom. The van der Waals surface area contributed by atoms with Crippen LogP contribution in [0.4, 0.5) is 0 Å². The highest BCUT2D eigenvalue weighted by Gasteiger charge is 2.14. The van der Waals surface area contributed by atoms with Gasteiger partial charge < -0.3 is 10.4 Å². The van der Waals surface area contributed by atoms with E-state index in [1.54, 1.807) is 12.1 Å². The fraction of sp³-hybridized carbons (Fsp3) is 0.385. The lowest BCUT2D eigenvalue weighted by atomic mass is 9.97. The Morgan fingerprint density at radius 3 is 2.35 bits per heavy atom. The van der Waals surface area contributed by atoms with E-state index in [0.717, 1.165) is 0 Å². The summed E-state index contributed by atoms with van der Waals surface area (Å²) >= 11 is 0. The first kappa shape index (κ1) is 13.2. The maximum absolute atomic E-state index is 11.8. The van der Waals surface area contributed by atoms with Crippen molar-refractivity contribution in [2.75, 3.05) is 6.54 Å². The number of nitrogens with one attached hydrogen (secondary N) is 1. The summed E-state index contributed by atoms with van der Waals surface area (Å²) in [5, 5.41) is 11.6. The normalized spacial score (nSPS) is 11.0. The molecule has 0 bridgehead atoms. The van der Waals surface area contributed by atoms with Gasteiger partial charge in [0.25, 0.3) is 5.91 Å². The highest BCUT2D eigenvalue weighted by atomic mass is 16.4. The van der Waals surface area contributed by atoms with E-state index >= 15 is 0 Å². The van der Waals surface area contributed by atoms with Gasteiger partial charge in [0.05, 0.1) is 5.56 Å². The van der Waals surface area contributed by atoms with E-state index in [0.29, 0.717) is 12.1 Å². The average molecular weight is 235 g/mol. The summed E-state index contributed by atoms with van der Waals surface area (Å²) in [7, 11) is 0. The molecule has 1 aromatic carbocycles. The van der Waals surface area contributed by atoms with Crippen molar-refractivity contribution < 1.29 is 14.7 Å². The molecule has 1 rings (SSSR count). The molecule has 0 fully saturated rings. The van der Waals surface area contributed by atoms with E-state index in [1.165, 1.54) is 12.1 Å². The molecule has 92 valence electrons. The van der Waals surface area contributed by atoms with Gasteiger partial charge in [-0.25, -0.2) is 4.79 Å². The lowest BCUT2D eigenvalue weighted by Gasteiger charge is -2.18. The Kier molecular flexibility index (Phi) is 3.89. The summed E-state index contributed by atoms with van der Waals surface area (Å²) in [6.07, 6.45) is 0. The molecule has 4 heteroatoms. The molecule has 0 aliphatic rings. The number of benzene rings is 1. The second-order valence-electron chi connectivity index (χ2n) is 5.13. The Labute approximate surface area is 101 Å². The summed E-state index contributed by atoms with van der Waals surface area (Å²) in [5.74, 6) is -1.28. The molecule has 4 nitrogen and oxygen atoms in total. The maximum Gasteiger partial charge on any atom is 0.335 e. The number of hydrogen-bond acceptors (Lipinski definition) is 2. The van der Waals surface area contributed by atoms with Crippen LogP contribution >= 0.6 is 0 Å². The Morgan fingerprint density at radius 1 is 1.24 bits per heavy atom. The third kappa shape index (κ3) is 4.26. The van der Waals surface area contributed by atoms with Gasteiger partial charge in [0, 0.05) is 12.1 Å². The predicted octanol–water partition coefficient (Wildman–Crippen LogP) is 2.16. The zero-order chi connectivity index (χ0) is 13.1. The zero-order valence-corrected chi connectivity index (χ0v) is 10.3. The van der Waals surface area contributed by atoms with Crippen LogP contribution < -0.4 is 5.32 Å². The summed E-state index contributed by atoms with van der Waals surface area (Å²) in [6, 6.07) is 6.00. The summed E-state index contributed by atoms with van der Waals surface area (Å²) in [4.78, 5) is 22.5. The highest BCUT2D eigenvalue weighted by Crippen LogP contribution is 2.11.